The van der Waals surface area contributed by atoms with Crippen LogP contribution in [0.2, 0.25) is 0 Å². The van der Waals surface area contributed by atoms with Crippen molar-refractivity contribution in [1.82, 2.24) is 10.9 Å². The first-order chi connectivity index (χ1) is 12.6. The van der Waals surface area contributed by atoms with E-state index in [0.29, 0.717) is 5.56 Å². The molecule has 0 aliphatic rings. The van der Waals surface area contributed by atoms with E-state index in [9.17, 15) is 22.4 Å². The Bertz CT molecular complexity index is 978. The number of primary sulfonamides is 1. The summed E-state index contributed by atoms with van der Waals surface area (Å²) in [5, 5.41) is 5.05. The highest BCUT2D eigenvalue weighted by atomic mass is 32.2. The maximum Gasteiger partial charge on any atom is 0.279 e. The fourth-order valence-electron chi connectivity index (χ4n) is 2.09. The first kappa shape index (κ1) is 20.3. The number of benzene rings is 2. The molecule has 0 aliphatic heterocycles. The van der Waals surface area contributed by atoms with Crippen molar-refractivity contribution in [3.05, 3.63) is 59.4 Å². The van der Waals surface area contributed by atoms with Crippen LogP contribution in [-0.4, -0.2) is 26.3 Å². The molecule has 2 aromatic carbocycles. The maximum absolute atomic E-state index is 13.5. The average Bonchev–Trinajstić information content (AvgIpc) is 2.60. The zero-order chi connectivity index (χ0) is 20.2. The van der Waals surface area contributed by atoms with Gasteiger partial charge < -0.3 is 4.74 Å². The minimum Gasteiger partial charge on any atom is -0.478 e. The molecule has 1 unspecified atom stereocenters. The SMILES string of the molecule is Cc1ccc(S(N)(=O)=O)cc1C(=O)NNC(=O)C(C)Oc1ccccc1F. The largest absolute Gasteiger partial charge is 0.478 e. The van der Waals surface area contributed by atoms with Gasteiger partial charge in [-0.25, -0.2) is 17.9 Å². The Hall–Kier alpha value is -2.98. The zero-order valence-corrected chi connectivity index (χ0v) is 15.3. The molecule has 8 nitrogen and oxygen atoms in total. The quantitative estimate of drug-likeness (QED) is 0.651. The Labute approximate surface area is 155 Å². The second-order valence-electron chi connectivity index (χ2n) is 5.66. The van der Waals surface area contributed by atoms with Gasteiger partial charge in [0.25, 0.3) is 11.8 Å². The molecule has 2 aromatic rings. The van der Waals surface area contributed by atoms with Gasteiger partial charge >= 0.3 is 0 Å². The molecule has 4 N–H and O–H groups in total. The molecule has 0 bridgehead atoms. The molecular formula is C17H18FN3O5S. The fourth-order valence-corrected chi connectivity index (χ4v) is 2.63. The van der Waals surface area contributed by atoms with E-state index in [1.165, 1.54) is 37.3 Å². The van der Waals surface area contributed by atoms with Gasteiger partial charge in [-0.2, -0.15) is 0 Å². The number of hydrogen-bond acceptors (Lipinski definition) is 5. The summed E-state index contributed by atoms with van der Waals surface area (Å²) in [6.07, 6.45) is -1.10. The lowest BCUT2D eigenvalue weighted by atomic mass is 10.1. The minimum absolute atomic E-state index is 0.0181. The van der Waals surface area contributed by atoms with Crippen LogP contribution in [-0.2, 0) is 14.8 Å². The molecule has 0 fully saturated rings. The maximum atomic E-state index is 13.5. The van der Waals surface area contributed by atoms with Crippen LogP contribution in [0.3, 0.4) is 0 Å². The molecule has 1 atom stereocenters. The number of hydrazine groups is 1. The highest BCUT2D eigenvalue weighted by Gasteiger charge is 2.19. The summed E-state index contributed by atoms with van der Waals surface area (Å²) in [5.74, 6) is -2.21. The molecule has 0 saturated carbocycles. The molecule has 144 valence electrons. The van der Waals surface area contributed by atoms with E-state index in [0.717, 1.165) is 6.07 Å². The first-order valence-corrected chi connectivity index (χ1v) is 9.29. The van der Waals surface area contributed by atoms with Crippen LogP contribution in [0.4, 0.5) is 4.39 Å². The lowest BCUT2D eigenvalue weighted by Gasteiger charge is -2.16. The average molecular weight is 395 g/mol. The van der Waals surface area contributed by atoms with Crippen molar-refractivity contribution in [1.29, 1.82) is 0 Å². The summed E-state index contributed by atoms with van der Waals surface area (Å²) in [6.45, 7) is 2.97. The van der Waals surface area contributed by atoms with Crippen molar-refractivity contribution in [2.24, 2.45) is 5.14 Å². The second-order valence-corrected chi connectivity index (χ2v) is 7.22. The Morgan fingerprint density at radius 3 is 2.44 bits per heavy atom. The van der Waals surface area contributed by atoms with Crippen LogP contribution < -0.4 is 20.7 Å². The molecule has 0 spiro atoms. The van der Waals surface area contributed by atoms with Crippen LogP contribution in [0, 0.1) is 12.7 Å². The normalized spacial score (nSPS) is 12.1. The molecule has 0 aliphatic carbocycles. The van der Waals surface area contributed by atoms with Crippen LogP contribution in [0.5, 0.6) is 5.75 Å². The smallest absolute Gasteiger partial charge is 0.279 e. The van der Waals surface area contributed by atoms with Gasteiger partial charge in [-0.3, -0.25) is 20.4 Å². The number of para-hydroxylation sites is 1. The number of amides is 2. The van der Waals surface area contributed by atoms with Crippen molar-refractivity contribution < 1.29 is 27.1 Å². The van der Waals surface area contributed by atoms with E-state index in [2.05, 4.69) is 10.9 Å². The molecule has 2 rings (SSSR count). The van der Waals surface area contributed by atoms with Gasteiger partial charge in [-0.1, -0.05) is 18.2 Å². The number of sulfonamides is 1. The van der Waals surface area contributed by atoms with E-state index < -0.39 is 33.8 Å². The van der Waals surface area contributed by atoms with Crippen LogP contribution in [0.25, 0.3) is 0 Å². The first-order valence-electron chi connectivity index (χ1n) is 7.74. The third-order valence-corrected chi connectivity index (χ3v) is 4.50. The zero-order valence-electron chi connectivity index (χ0n) is 14.5. The number of carbonyl (C=O) groups is 2. The van der Waals surface area contributed by atoms with Crippen LogP contribution in [0.1, 0.15) is 22.8 Å². The molecule has 0 radical (unpaired) electrons. The molecule has 0 heterocycles. The Kier molecular flexibility index (Phi) is 6.13. The van der Waals surface area contributed by atoms with Gasteiger partial charge in [-0.15, -0.1) is 0 Å². The highest BCUT2D eigenvalue weighted by Crippen LogP contribution is 2.17. The van der Waals surface area contributed by atoms with Gasteiger partial charge in [0.2, 0.25) is 10.0 Å². The summed E-state index contributed by atoms with van der Waals surface area (Å²) in [5.41, 5.74) is 4.79. The summed E-state index contributed by atoms with van der Waals surface area (Å²) >= 11 is 0. The number of carbonyl (C=O) groups excluding carboxylic acids is 2. The summed E-state index contributed by atoms with van der Waals surface area (Å²) < 4.78 is 41.5. The number of aryl methyl sites for hydroxylation is 1. The van der Waals surface area contributed by atoms with E-state index in [4.69, 9.17) is 9.88 Å². The number of nitrogens with one attached hydrogen (secondary N) is 2. The summed E-state index contributed by atoms with van der Waals surface area (Å²) in [4.78, 5) is 24.0. The van der Waals surface area contributed by atoms with E-state index in [1.54, 1.807) is 13.0 Å². The third-order valence-electron chi connectivity index (χ3n) is 3.59. The molecule has 0 aromatic heterocycles. The monoisotopic (exact) mass is 395 g/mol. The molecule has 0 saturated heterocycles. The number of halogens is 1. The van der Waals surface area contributed by atoms with E-state index in [1.807, 2.05) is 0 Å². The minimum atomic E-state index is -3.98. The topological polar surface area (TPSA) is 128 Å². The Balaban J connectivity index is 2.03. The number of nitrogens with two attached hydrogens (primary N) is 1. The van der Waals surface area contributed by atoms with Crippen LogP contribution in [0.15, 0.2) is 47.4 Å². The highest BCUT2D eigenvalue weighted by molar-refractivity contribution is 7.89. The van der Waals surface area contributed by atoms with Gasteiger partial charge in [0.1, 0.15) is 0 Å². The lowest BCUT2D eigenvalue weighted by molar-refractivity contribution is -0.128. The fraction of sp³-hybridized carbons (Fsp3) is 0.176. The number of rotatable bonds is 5. The molecular weight excluding hydrogens is 377 g/mol. The van der Waals surface area contributed by atoms with Gasteiger partial charge in [0.05, 0.1) is 4.90 Å². The number of ether oxygens (including phenoxy) is 1. The summed E-state index contributed by atoms with van der Waals surface area (Å²) in [7, 11) is -3.98. The second kappa shape index (κ2) is 8.14. The molecule has 10 heteroatoms. The lowest BCUT2D eigenvalue weighted by Crippen LogP contribution is -2.47. The summed E-state index contributed by atoms with van der Waals surface area (Å²) in [6, 6.07) is 9.36. The molecule has 2 amide bonds. The predicted octanol–water partition coefficient (Wildman–Crippen LogP) is 1.01. The van der Waals surface area contributed by atoms with Crippen molar-refractivity contribution in [3.63, 3.8) is 0 Å². The van der Waals surface area contributed by atoms with Crippen molar-refractivity contribution in [2.75, 3.05) is 0 Å². The van der Waals surface area contributed by atoms with E-state index in [-0.39, 0.29) is 16.2 Å². The Morgan fingerprint density at radius 2 is 1.81 bits per heavy atom. The third kappa shape index (κ3) is 5.25. The number of hydrogen-bond donors (Lipinski definition) is 3. The van der Waals surface area contributed by atoms with Crippen molar-refractivity contribution >= 4 is 21.8 Å². The van der Waals surface area contributed by atoms with Gasteiger partial charge in [-0.05, 0) is 43.7 Å². The predicted molar refractivity (Wildman–Crippen MR) is 94.7 cm³/mol. The van der Waals surface area contributed by atoms with Gasteiger partial charge in [0.15, 0.2) is 17.7 Å². The Morgan fingerprint density at radius 1 is 1.15 bits per heavy atom. The molecule has 27 heavy (non-hydrogen) atoms. The van der Waals surface area contributed by atoms with Crippen molar-refractivity contribution in [2.45, 2.75) is 24.8 Å². The van der Waals surface area contributed by atoms with Crippen LogP contribution >= 0.6 is 0 Å². The van der Waals surface area contributed by atoms with E-state index >= 15 is 0 Å². The van der Waals surface area contributed by atoms with Crippen molar-refractivity contribution in [3.8, 4) is 5.75 Å². The standard InChI is InChI=1S/C17H18FN3O5S/c1-10-7-8-12(27(19,24)25)9-13(10)17(23)21-20-16(22)11(2)26-15-6-4-3-5-14(15)18/h3-9,11H,1-2H3,(H,20,22)(H,21,23)(H2,19,24,25). The van der Waals surface area contributed by atoms with Gasteiger partial charge in [0, 0.05) is 5.56 Å².